The molecule has 0 saturated carbocycles. The molecule has 0 fully saturated rings. The van der Waals surface area contributed by atoms with E-state index in [-0.39, 0.29) is 12.8 Å². The average Bonchev–Trinajstić information content (AvgIpc) is 2.57. The normalized spacial score (nSPS) is 13.3. The van der Waals surface area contributed by atoms with Gasteiger partial charge in [-0.25, -0.2) is 0 Å². The highest BCUT2D eigenvalue weighted by Crippen LogP contribution is 2.48. The van der Waals surface area contributed by atoms with Gasteiger partial charge in [-0.05, 0) is 6.42 Å². The fourth-order valence-corrected chi connectivity index (χ4v) is 3.08. The SMILES string of the molecule is CCCCCCCCCCCCCCCCCC(F)(F)C(F)(F)C(F)(F)F. The van der Waals surface area contributed by atoms with Crippen molar-refractivity contribution in [2.45, 2.75) is 128 Å². The van der Waals surface area contributed by atoms with Gasteiger partial charge in [-0.1, -0.05) is 96.8 Å². The summed E-state index contributed by atoms with van der Waals surface area (Å²) in [4.78, 5) is 0. The van der Waals surface area contributed by atoms with Gasteiger partial charge in [0.2, 0.25) is 0 Å². The van der Waals surface area contributed by atoms with Gasteiger partial charge >= 0.3 is 18.0 Å². The molecular formula is C20H35F7. The van der Waals surface area contributed by atoms with Crippen LogP contribution in [0.5, 0.6) is 0 Å². The lowest BCUT2D eigenvalue weighted by Gasteiger charge is -2.28. The Morgan fingerprint density at radius 3 is 1.04 bits per heavy atom. The van der Waals surface area contributed by atoms with E-state index in [1.807, 2.05) is 0 Å². The molecule has 0 heterocycles. The molecule has 0 aromatic heterocycles. The first kappa shape index (κ1) is 26.5. The van der Waals surface area contributed by atoms with Crippen LogP contribution >= 0.6 is 0 Å². The third kappa shape index (κ3) is 11.2. The molecule has 0 bridgehead atoms. The zero-order valence-electron chi connectivity index (χ0n) is 16.5. The van der Waals surface area contributed by atoms with E-state index in [0.29, 0.717) is 6.42 Å². The molecule has 0 amide bonds. The van der Waals surface area contributed by atoms with Crippen LogP contribution in [0, 0.1) is 0 Å². The molecule has 0 aromatic rings. The number of unbranched alkanes of at least 4 members (excludes halogenated alkanes) is 14. The maximum atomic E-state index is 13.1. The molecular weight excluding hydrogens is 373 g/mol. The van der Waals surface area contributed by atoms with Crippen molar-refractivity contribution in [1.29, 1.82) is 0 Å². The Hall–Kier alpha value is -0.490. The maximum Gasteiger partial charge on any atom is 0.459 e. The van der Waals surface area contributed by atoms with Crippen LogP contribution in [-0.2, 0) is 0 Å². The van der Waals surface area contributed by atoms with E-state index < -0.39 is 24.4 Å². The highest BCUT2D eigenvalue weighted by Gasteiger charge is 2.72. The second-order valence-corrected chi connectivity index (χ2v) is 7.48. The van der Waals surface area contributed by atoms with Gasteiger partial charge in [0.1, 0.15) is 0 Å². The van der Waals surface area contributed by atoms with Crippen molar-refractivity contribution in [2.24, 2.45) is 0 Å². The van der Waals surface area contributed by atoms with E-state index in [9.17, 15) is 30.7 Å². The lowest BCUT2D eigenvalue weighted by molar-refractivity contribution is -0.355. The van der Waals surface area contributed by atoms with E-state index >= 15 is 0 Å². The zero-order chi connectivity index (χ0) is 20.8. The minimum absolute atomic E-state index is 0.251. The summed E-state index contributed by atoms with van der Waals surface area (Å²) in [6, 6.07) is 0. The van der Waals surface area contributed by atoms with E-state index in [1.54, 1.807) is 0 Å². The summed E-state index contributed by atoms with van der Waals surface area (Å²) in [5.74, 6) is -11.0. The van der Waals surface area contributed by atoms with E-state index in [2.05, 4.69) is 6.92 Å². The molecule has 0 aliphatic carbocycles. The van der Waals surface area contributed by atoms with Crippen LogP contribution < -0.4 is 0 Å². The maximum absolute atomic E-state index is 13.1. The quantitative estimate of drug-likeness (QED) is 0.166. The van der Waals surface area contributed by atoms with Crippen LogP contribution in [-0.4, -0.2) is 18.0 Å². The van der Waals surface area contributed by atoms with Crippen molar-refractivity contribution in [3.8, 4) is 0 Å². The number of alkyl halides is 7. The van der Waals surface area contributed by atoms with Crippen LogP contribution in [0.15, 0.2) is 0 Å². The number of rotatable bonds is 17. The van der Waals surface area contributed by atoms with Gasteiger partial charge in [0.05, 0.1) is 0 Å². The van der Waals surface area contributed by atoms with E-state index in [1.165, 1.54) is 51.4 Å². The molecule has 0 rings (SSSR count). The van der Waals surface area contributed by atoms with Crippen molar-refractivity contribution in [3.05, 3.63) is 0 Å². The van der Waals surface area contributed by atoms with E-state index in [0.717, 1.165) is 25.7 Å². The standard InChI is InChI=1S/C20H35F7/c1-2-3-4-5-6-7-8-9-10-11-12-13-14-15-16-17-18(21,22)19(23,24)20(25,26)27/h2-17H2,1H3. The molecule has 0 aromatic carbocycles. The van der Waals surface area contributed by atoms with Crippen LogP contribution in [0.1, 0.15) is 110 Å². The van der Waals surface area contributed by atoms with Crippen LogP contribution in [0.4, 0.5) is 30.7 Å². The second-order valence-electron chi connectivity index (χ2n) is 7.48. The summed E-state index contributed by atoms with van der Waals surface area (Å²) >= 11 is 0. The summed E-state index contributed by atoms with van der Waals surface area (Å²) in [5, 5.41) is 0. The summed E-state index contributed by atoms with van der Waals surface area (Å²) < 4.78 is 87.6. The molecule has 0 saturated heterocycles. The third-order valence-electron chi connectivity index (χ3n) is 4.91. The number of hydrogen-bond donors (Lipinski definition) is 0. The average molecular weight is 408 g/mol. The van der Waals surface area contributed by atoms with Crippen molar-refractivity contribution in [1.82, 2.24) is 0 Å². The molecule has 0 atom stereocenters. The zero-order valence-corrected chi connectivity index (χ0v) is 16.5. The minimum Gasteiger partial charge on any atom is -0.200 e. The predicted octanol–water partition coefficient (Wildman–Crippen LogP) is 9.08. The summed E-state index contributed by atoms with van der Waals surface area (Å²) in [6.07, 6.45) is 6.96. The van der Waals surface area contributed by atoms with Gasteiger partial charge in [0.15, 0.2) is 0 Å². The molecule has 0 unspecified atom stereocenters. The van der Waals surface area contributed by atoms with Crippen molar-refractivity contribution < 1.29 is 30.7 Å². The van der Waals surface area contributed by atoms with Crippen LogP contribution in [0.25, 0.3) is 0 Å². The van der Waals surface area contributed by atoms with Gasteiger partial charge in [-0.3, -0.25) is 0 Å². The Labute approximate surface area is 159 Å². The molecule has 0 N–H and O–H groups in total. The van der Waals surface area contributed by atoms with Gasteiger partial charge in [-0.2, -0.15) is 30.7 Å². The molecule has 0 nitrogen and oxygen atoms in total. The van der Waals surface area contributed by atoms with Crippen LogP contribution in [0.3, 0.4) is 0 Å². The lowest BCUT2D eigenvalue weighted by atomic mass is 10.0. The Balaban J connectivity index is 3.53. The molecule has 164 valence electrons. The first-order chi connectivity index (χ1) is 12.6. The molecule has 0 aliphatic heterocycles. The fourth-order valence-electron chi connectivity index (χ4n) is 3.08. The molecule has 7 heteroatoms. The minimum atomic E-state index is -6.22. The first-order valence-corrected chi connectivity index (χ1v) is 10.4. The Kier molecular flexibility index (Phi) is 13.4. The first-order valence-electron chi connectivity index (χ1n) is 10.4. The second kappa shape index (κ2) is 13.6. The highest BCUT2D eigenvalue weighted by molar-refractivity contribution is 4.90. The van der Waals surface area contributed by atoms with Crippen molar-refractivity contribution in [2.75, 3.05) is 0 Å². The molecule has 0 spiro atoms. The predicted molar refractivity (Wildman–Crippen MR) is 95.5 cm³/mol. The smallest absolute Gasteiger partial charge is 0.200 e. The number of hydrogen-bond acceptors (Lipinski definition) is 0. The largest absolute Gasteiger partial charge is 0.459 e. The highest BCUT2D eigenvalue weighted by atomic mass is 19.4. The van der Waals surface area contributed by atoms with Gasteiger partial charge in [0, 0.05) is 6.42 Å². The third-order valence-corrected chi connectivity index (χ3v) is 4.91. The Morgan fingerprint density at radius 1 is 0.444 bits per heavy atom. The summed E-state index contributed by atoms with van der Waals surface area (Å²) in [6.45, 7) is 2.20. The van der Waals surface area contributed by atoms with Crippen molar-refractivity contribution >= 4 is 0 Å². The molecule has 0 aliphatic rings. The fraction of sp³-hybridized carbons (Fsp3) is 1.00. The van der Waals surface area contributed by atoms with E-state index in [4.69, 9.17) is 0 Å². The molecule has 27 heavy (non-hydrogen) atoms. The lowest BCUT2D eigenvalue weighted by Crippen LogP contribution is -2.51. The number of halogens is 7. The summed E-state index contributed by atoms with van der Waals surface area (Å²) in [5.41, 5.74) is 0. The molecule has 0 radical (unpaired) electrons. The van der Waals surface area contributed by atoms with Gasteiger partial charge < -0.3 is 0 Å². The topological polar surface area (TPSA) is 0 Å². The Morgan fingerprint density at radius 2 is 0.741 bits per heavy atom. The van der Waals surface area contributed by atoms with Crippen LogP contribution in [0.2, 0.25) is 0 Å². The van der Waals surface area contributed by atoms with Gasteiger partial charge in [0.25, 0.3) is 0 Å². The monoisotopic (exact) mass is 408 g/mol. The van der Waals surface area contributed by atoms with Gasteiger partial charge in [-0.15, -0.1) is 0 Å². The van der Waals surface area contributed by atoms with Crippen molar-refractivity contribution in [3.63, 3.8) is 0 Å². The Bertz CT molecular complexity index is 351. The summed E-state index contributed by atoms with van der Waals surface area (Å²) in [7, 11) is 0.